The number of nitrogens with one attached hydrogen (secondary N) is 1. The van der Waals surface area contributed by atoms with Crippen LogP contribution in [0.25, 0.3) is 17.0 Å². The third kappa shape index (κ3) is 2.87. The van der Waals surface area contributed by atoms with E-state index in [9.17, 15) is 5.26 Å². The number of fused-ring (bicyclic) bond motifs is 1. The van der Waals surface area contributed by atoms with Crippen molar-refractivity contribution >= 4 is 17.0 Å². The van der Waals surface area contributed by atoms with Gasteiger partial charge in [-0.2, -0.15) is 5.26 Å². The highest BCUT2D eigenvalue weighted by Gasteiger charge is 2.06. The van der Waals surface area contributed by atoms with E-state index in [1.165, 1.54) is 5.39 Å². The van der Waals surface area contributed by atoms with Gasteiger partial charge >= 0.3 is 0 Å². The Morgan fingerprint density at radius 1 is 1.18 bits per heavy atom. The van der Waals surface area contributed by atoms with E-state index in [1.807, 2.05) is 54.7 Å². The zero-order valence-corrected chi connectivity index (χ0v) is 12.3. The molecule has 1 N–H and O–H groups in total. The van der Waals surface area contributed by atoms with E-state index >= 15 is 0 Å². The molecule has 1 aromatic heterocycles. The van der Waals surface area contributed by atoms with Crippen molar-refractivity contribution in [3.8, 4) is 11.8 Å². The summed E-state index contributed by atoms with van der Waals surface area (Å²) in [5.74, 6) is 0.812. The molecule has 0 saturated carbocycles. The molecule has 2 aromatic carbocycles. The monoisotopic (exact) mass is 288 g/mol. The van der Waals surface area contributed by atoms with Crippen LogP contribution >= 0.6 is 0 Å². The number of aromatic amines is 1. The van der Waals surface area contributed by atoms with Gasteiger partial charge in [0.2, 0.25) is 0 Å². The average molecular weight is 288 g/mol. The largest absolute Gasteiger partial charge is 0.497 e. The second-order valence-corrected chi connectivity index (χ2v) is 5.09. The summed E-state index contributed by atoms with van der Waals surface area (Å²) in [6.07, 6.45) is 4.51. The predicted molar refractivity (Wildman–Crippen MR) is 88.6 cm³/mol. The van der Waals surface area contributed by atoms with Crippen LogP contribution in [0, 0.1) is 11.3 Å². The Balaban J connectivity index is 1.88. The number of hydrogen-bond donors (Lipinski definition) is 1. The molecule has 0 unspecified atom stereocenters. The third-order valence-electron chi connectivity index (χ3n) is 3.66. The molecule has 108 valence electrons. The minimum atomic E-state index is 0.618. The van der Waals surface area contributed by atoms with Gasteiger partial charge in [-0.05, 0) is 35.4 Å². The molecule has 0 fully saturated rings. The van der Waals surface area contributed by atoms with Crippen LogP contribution in [0.15, 0.2) is 60.3 Å². The van der Waals surface area contributed by atoms with E-state index in [0.717, 1.165) is 28.0 Å². The number of aromatic nitrogens is 1. The second-order valence-electron chi connectivity index (χ2n) is 5.09. The van der Waals surface area contributed by atoms with Gasteiger partial charge in [-0.25, -0.2) is 0 Å². The van der Waals surface area contributed by atoms with Crippen molar-refractivity contribution in [2.24, 2.45) is 0 Å². The highest BCUT2D eigenvalue weighted by molar-refractivity contribution is 5.83. The summed E-state index contributed by atoms with van der Waals surface area (Å²) in [6.45, 7) is 0. The number of nitrogens with zero attached hydrogens (tertiary/aromatic N) is 1. The zero-order chi connectivity index (χ0) is 15.4. The fraction of sp³-hybridized carbons (Fsp3) is 0.105. The lowest BCUT2D eigenvalue weighted by molar-refractivity contribution is 0.415. The Morgan fingerprint density at radius 3 is 2.68 bits per heavy atom. The quantitative estimate of drug-likeness (QED) is 0.726. The number of para-hydroxylation sites is 1. The maximum atomic E-state index is 9.41. The molecule has 0 bridgehead atoms. The van der Waals surface area contributed by atoms with Crippen LogP contribution in [-0.2, 0) is 6.42 Å². The fourth-order valence-corrected chi connectivity index (χ4v) is 2.51. The van der Waals surface area contributed by atoms with E-state index in [0.29, 0.717) is 6.42 Å². The number of hydrogen-bond acceptors (Lipinski definition) is 2. The van der Waals surface area contributed by atoms with Crippen molar-refractivity contribution in [1.29, 1.82) is 5.26 Å². The van der Waals surface area contributed by atoms with Gasteiger partial charge in [0.25, 0.3) is 0 Å². The van der Waals surface area contributed by atoms with Gasteiger partial charge in [0.05, 0.1) is 13.2 Å². The van der Waals surface area contributed by atoms with Crippen LogP contribution < -0.4 is 4.74 Å². The minimum absolute atomic E-state index is 0.618. The number of ether oxygens (including phenoxy) is 1. The maximum Gasteiger partial charge on any atom is 0.118 e. The van der Waals surface area contributed by atoms with Crippen LogP contribution in [0.5, 0.6) is 5.75 Å². The highest BCUT2D eigenvalue weighted by atomic mass is 16.5. The number of rotatable bonds is 4. The SMILES string of the molecule is COc1ccc(/C=C(\C#N)Cc2c[nH]c3ccccc23)cc1. The van der Waals surface area contributed by atoms with Crippen molar-refractivity contribution < 1.29 is 4.74 Å². The molecular formula is C19H16N2O. The van der Waals surface area contributed by atoms with E-state index in [1.54, 1.807) is 7.11 Å². The Hall–Kier alpha value is -2.99. The first-order valence-corrected chi connectivity index (χ1v) is 7.10. The first-order chi connectivity index (χ1) is 10.8. The van der Waals surface area contributed by atoms with E-state index in [2.05, 4.69) is 17.1 Å². The minimum Gasteiger partial charge on any atom is -0.497 e. The summed E-state index contributed by atoms with van der Waals surface area (Å²) in [4.78, 5) is 3.24. The van der Waals surface area contributed by atoms with Crippen molar-refractivity contribution in [1.82, 2.24) is 4.98 Å². The van der Waals surface area contributed by atoms with Gasteiger partial charge < -0.3 is 9.72 Å². The fourth-order valence-electron chi connectivity index (χ4n) is 2.51. The molecule has 0 aliphatic carbocycles. The molecule has 3 aromatic rings. The van der Waals surface area contributed by atoms with Crippen LogP contribution in [0.3, 0.4) is 0 Å². The molecular weight excluding hydrogens is 272 g/mol. The van der Waals surface area contributed by atoms with Crippen molar-refractivity contribution in [2.45, 2.75) is 6.42 Å². The summed E-state index contributed by atoms with van der Waals surface area (Å²) >= 11 is 0. The summed E-state index contributed by atoms with van der Waals surface area (Å²) < 4.78 is 5.14. The second kappa shape index (κ2) is 6.19. The molecule has 0 spiro atoms. The molecule has 0 saturated heterocycles. The number of nitriles is 1. The lowest BCUT2D eigenvalue weighted by Gasteiger charge is -2.01. The summed E-state index contributed by atoms with van der Waals surface area (Å²) in [5.41, 5.74) is 3.96. The average Bonchev–Trinajstić information content (AvgIpc) is 2.98. The van der Waals surface area contributed by atoms with Gasteiger partial charge in [0.1, 0.15) is 5.75 Å². The zero-order valence-electron chi connectivity index (χ0n) is 12.3. The van der Waals surface area contributed by atoms with Crippen LogP contribution in [0.4, 0.5) is 0 Å². The van der Waals surface area contributed by atoms with Crippen molar-refractivity contribution in [3.63, 3.8) is 0 Å². The molecule has 0 amide bonds. The Bertz CT molecular complexity index is 851. The van der Waals surface area contributed by atoms with E-state index in [4.69, 9.17) is 4.74 Å². The molecule has 3 heteroatoms. The molecule has 22 heavy (non-hydrogen) atoms. The Labute approximate surface area is 129 Å². The molecule has 1 heterocycles. The lowest BCUT2D eigenvalue weighted by Crippen LogP contribution is -1.88. The number of H-pyrrole nitrogens is 1. The topological polar surface area (TPSA) is 48.8 Å². The number of benzene rings is 2. The molecule has 3 rings (SSSR count). The molecule has 3 nitrogen and oxygen atoms in total. The molecule has 0 atom stereocenters. The smallest absolute Gasteiger partial charge is 0.118 e. The summed E-state index contributed by atoms with van der Waals surface area (Å²) in [7, 11) is 1.64. The van der Waals surface area contributed by atoms with Crippen LogP contribution in [-0.4, -0.2) is 12.1 Å². The molecule has 0 aliphatic rings. The summed E-state index contributed by atoms with van der Waals surface area (Å²) in [6, 6.07) is 18.1. The summed E-state index contributed by atoms with van der Waals surface area (Å²) in [5, 5.41) is 10.6. The molecule has 0 radical (unpaired) electrons. The van der Waals surface area contributed by atoms with Gasteiger partial charge in [0, 0.05) is 29.1 Å². The van der Waals surface area contributed by atoms with Crippen LogP contribution in [0.1, 0.15) is 11.1 Å². The number of methoxy groups -OCH3 is 1. The van der Waals surface area contributed by atoms with Gasteiger partial charge in [-0.1, -0.05) is 30.3 Å². The maximum absolute atomic E-state index is 9.41. The Kier molecular flexibility index (Phi) is 3.93. The lowest BCUT2D eigenvalue weighted by atomic mass is 10.0. The van der Waals surface area contributed by atoms with E-state index < -0.39 is 0 Å². The van der Waals surface area contributed by atoms with Crippen molar-refractivity contribution in [2.75, 3.05) is 7.11 Å². The molecule has 0 aliphatic heterocycles. The Morgan fingerprint density at radius 2 is 1.95 bits per heavy atom. The normalized spacial score (nSPS) is 11.4. The van der Waals surface area contributed by atoms with Crippen LogP contribution in [0.2, 0.25) is 0 Å². The van der Waals surface area contributed by atoms with Gasteiger partial charge in [-0.3, -0.25) is 0 Å². The van der Waals surface area contributed by atoms with E-state index in [-0.39, 0.29) is 0 Å². The highest BCUT2D eigenvalue weighted by Crippen LogP contribution is 2.22. The number of allylic oxidation sites excluding steroid dienone is 1. The van der Waals surface area contributed by atoms with Gasteiger partial charge in [0.15, 0.2) is 0 Å². The first-order valence-electron chi connectivity index (χ1n) is 7.10. The van der Waals surface area contributed by atoms with Crippen molar-refractivity contribution in [3.05, 3.63) is 71.4 Å². The first kappa shape index (κ1) is 14.0. The standard InChI is InChI=1S/C19H16N2O/c1-22-17-8-6-14(7-9-17)10-15(12-20)11-16-13-21-19-5-3-2-4-18(16)19/h2-10,13,21H,11H2,1H3/b15-10-. The predicted octanol–water partition coefficient (Wildman–Crippen LogP) is 4.33. The van der Waals surface area contributed by atoms with Gasteiger partial charge in [-0.15, -0.1) is 0 Å². The third-order valence-corrected chi connectivity index (χ3v) is 3.66.